The summed E-state index contributed by atoms with van der Waals surface area (Å²) in [7, 11) is 0. The van der Waals surface area contributed by atoms with Crippen molar-refractivity contribution in [2.45, 2.75) is 19.4 Å². The van der Waals surface area contributed by atoms with Crippen LogP contribution in [0, 0.1) is 0 Å². The van der Waals surface area contributed by atoms with Crippen molar-refractivity contribution in [3.8, 4) is 5.75 Å². The van der Waals surface area contributed by atoms with E-state index < -0.39 is 0 Å². The molecule has 102 valence electrons. The largest absolute Gasteiger partial charge is 0.488 e. The fourth-order valence-corrected chi connectivity index (χ4v) is 2.01. The Labute approximate surface area is 117 Å². The van der Waals surface area contributed by atoms with Crippen molar-refractivity contribution >= 4 is 23.6 Å². The number of nitrogens with one attached hydrogen (secondary N) is 1. The third-order valence-electron chi connectivity index (χ3n) is 3.02. The Bertz CT molecular complexity index is 509. The summed E-state index contributed by atoms with van der Waals surface area (Å²) in [4.78, 5) is 12.0. The number of halogens is 1. The monoisotopic (exact) mass is 281 g/mol. The predicted molar refractivity (Wildman–Crippen MR) is 74.2 cm³/mol. The number of benzene rings is 1. The van der Waals surface area contributed by atoms with Crippen molar-refractivity contribution in [3.05, 3.63) is 34.4 Å². The molecule has 2 N–H and O–H groups in total. The minimum absolute atomic E-state index is 0.0706. The molecule has 0 radical (unpaired) electrons. The first-order valence-corrected chi connectivity index (χ1v) is 6.56. The van der Waals surface area contributed by atoms with Crippen LogP contribution >= 0.6 is 11.6 Å². The highest BCUT2D eigenvalue weighted by Crippen LogP contribution is 2.28. The molecular weight excluding hydrogens is 266 g/mol. The van der Waals surface area contributed by atoms with Gasteiger partial charge in [0, 0.05) is 10.6 Å². The maximum Gasteiger partial charge on any atom is 0.250 e. The Morgan fingerprint density at radius 2 is 2.37 bits per heavy atom. The Balaban J connectivity index is 2.16. The highest BCUT2D eigenvalue weighted by atomic mass is 35.5. The van der Waals surface area contributed by atoms with Gasteiger partial charge in [0.2, 0.25) is 0 Å². The lowest BCUT2D eigenvalue weighted by molar-refractivity contribution is -0.118. The molecule has 1 atom stereocenters. The molecule has 0 saturated heterocycles. The molecule has 1 amide bonds. The lowest BCUT2D eigenvalue weighted by Gasteiger charge is -2.20. The second kappa shape index (κ2) is 6.08. The zero-order chi connectivity index (χ0) is 13.8. The van der Waals surface area contributed by atoms with Crippen LogP contribution in [-0.4, -0.2) is 30.3 Å². The van der Waals surface area contributed by atoms with E-state index in [0.29, 0.717) is 17.0 Å². The SMILES string of the molecule is CC[C@@H](CO)NC(=O)C1=Cc2cc(Cl)ccc2OC1. The first kappa shape index (κ1) is 13.9. The van der Waals surface area contributed by atoms with Crippen molar-refractivity contribution in [2.75, 3.05) is 13.2 Å². The highest BCUT2D eigenvalue weighted by Gasteiger charge is 2.19. The Hall–Kier alpha value is -1.52. The third-order valence-corrected chi connectivity index (χ3v) is 3.26. The van der Waals surface area contributed by atoms with Gasteiger partial charge in [-0.3, -0.25) is 4.79 Å². The number of rotatable bonds is 4. The van der Waals surface area contributed by atoms with Crippen molar-refractivity contribution in [1.29, 1.82) is 0 Å². The average Bonchev–Trinajstić information content (AvgIpc) is 2.43. The molecule has 0 fully saturated rings. The normalized spacial score (nSPS) is 15.0. The average molecular weight is 282 g/mol. The fraction of sp³-hybridized carbons (Fsp3) is 0.357. The summed E-state index contributed by atoms with van der Waals surface area (Å²) in [5, 5.41) is 12.4. The summed E-state index contributed by atoms with van der Waals surface area (Å²) in [6.07, 6.45) is 2.45. The molecule has 1 aliphatic rings. The molecule has 0 saturated carbocycles. The standard InChI is InChI=1S/C14H16ClNO3/c1-2-12(7-17)16-14(18)10-5-9-6-11(15)3-4-13(9)19-8-10/h3-6,12,17H,2,7-8H2,1H3,(H,16,18)/t12-/m0/s1. The summed E-state index contributed by atoms with van der Waals surface area (Å²) < 4.78 is 5.51. The molecule has 4 nitrogen and oxygen atoms in total. The first-order chi connectivity index (χ1) is 9.13. The highest BCUT2D eigenvalue weighted by molar-refractivity contribution is 6.30. The maximum atomic E-state index is 12.0. The Kier molecular flexibility index (Phi) is 4.45. The summed E-state index contributed by atoms with van der Waals surface area (Å²) in [6.45, 7) is 2.06. The number of carbonyl (C=O) groups excluding carboxylic acids is 1. The van der Waals surface area contributed by atoms with Gasteiger partial charge in [-0.15, -0.1) is 0 Å². The summed E-state index contributed by atoms with van der Waals surface area (Å²) >= 11 is 5.91. The van der Waals surface area contributed by atoms with E-state index >= 15 is 0 Å². The van der Waals surface area contributed by atoms with E-state index in [4.69, 9.17) is 21.4 Å². The first-order valence-electron chi connectivity index (χ1n) is 6.18. The van der Waals surface area contributed by atoms with Gasteiger partial charge < -0.3 is 15.2 Å². The minimum Gasteiger partial charge on any atom is -0.488 e. The molecule has 1 heterocycles. The number of aliphatic hydroxyl groups excluding tert-OH is 1. The lowest BCUT2D eigenvalue weighted by Crippen LogP contribution is -2.39. The number of aliphatic hydroxyl groups is 1. The zero-order valence-electron chi connectivity index (χ0n) is 10.6. The van der Waals surface area contributed by atoms with E-state index in [-0.39, 0.29) is 25.2 Å². The molecular formula is C14H16ClNO3. The van der Waals surface area contributed by atoms with E-state index in [1.165, 1.54) is 0 Å². The van der Waals surface area contributed by atoms with Gasteiger partial charge in [-0.25, -0.2) is 0 Å². The van der Waals surface area contributed by atoms with Crippen LogP contribution in [0.15, 0.2) is 23.8 Å². The van der Waals surface area contributed by atoms with Gasteiger partial charge in [-0.05, 0) is 30.7 Å². The molecule has 0 bridgehead atoms. The van der Waals surface area contributed by atoms with Gasteiger partial charge in [0.15, 0.2) is 0 Å². The lowest BCUT2D eigenvalue weighted by atomic mass is 10.1. The van der Waals surface area contributed by atoms with E-state index in [1.54, 1.807) is 24.3 Å². The molecule has 1 aromatic rings. The maximum absolute atomic E-state index is 12.0. The predicted octanol–water partition coefficient (Wildman–Crippen LogP) is 2.00. The van der Waals surface area contributed by atoms with Crippen LogP contribution in [0.3, 0.4) is 0 Å². The second-order valence-corrected chi connectivity index (χ2v) is 4.84. The second-order valence-electron chi connectivity index (χ2n) is 4.40. The van der Waals surface area contributed by atoms with Crippen molar-refractivity contribution in [2.24, 2.45) is 0 Å². The summed E-state index contributed by atoms with van der Waals surface area (Å²) in [5.41, 5.74) is 1.32. The number of ether oxygens (including phenoxy) is 1. The molecule has 5 heteroatoms. The van der Waals surface area contributed by atoms with Crippen LogP contribution < -0.4 is 10.1 Å². The molecule has 2 rings (SSSR count). The van der Waals surface area contributed by atoms with Crippen molar-refractivity contribution in [1.82, 2.24) is 5.32 Å². The minimum atomic E-state index is -0.228. The number of hydrogen-bond donors (Lipinski definition) is 2. The summed E-state index contributed by atoms with van der Waals surface area (Å²) in [5.74, 6) is 0.502. The smallest absolute Gasteiger partial charge is 0.250 e. The van der Waals surface area contributed by atoms with E-state index in [2.05, 4.69) is 5.32 Å². The van der Waals surface area contributed by atoms with E-state index in [0.717, 1.165) is 11.3 Å². The van der Waals surface area contributed by atoms with Crippen LogP contribution in [0.25, 0.3) is 6.08 Å². The number of carbonyl (C=O) groups is 1. The van der Waals surface area contributed by atoms with Crippen LogP contribution in [0.4, 0.5) is 0 Å². The topological polar surface area (TPSA) is 58.6 Å². The molecule has 1 aliphatic heterocycles. The van der Waals surface area contributed by atoms with Gasteiger partial charge in [0.05, 0.1) is 18.2 Å². The van der Waals surface area contributed by atoms with Crippen LogP contribution in [0.5, 0.6) is 5.75 Å². The Morgan fingerprint density at radius 1 is 1.58 bits per heavy atom. The van der Waals surface area contributed by atoms with E-state index in [1.807, 2.05) is 6.92 Å². The molecule has 0 spiro atoms. The molecule has 1 aromatic carbocycles. The number of amides is 1. The van der Waals surface area contributed by atoms with Crippen LogP contribution in [0.1, 0.15) is 18.9 Å². The quantitative estimate of drug-likeness (QED) is 0.887. The summed E-state index contributed by atoms with van der Waals surface area (Å²) in [6, 6.07) is 5.06. The molecule has 19 heavy (non-hydrogen) atoms. The van der Waals surface area contributed by atoms with Gasteiger partial charge in [0.25, 0.3) is 5.91 Å². The van der Waals surface area contributed by atoms with Gasteiger partial charge in [0.1, 0.15) is 12.4 Å². The molecule has 0 aromatic heterocycles. The zero-order valence-corrected chi connectivity index (χ0v) is 11.4. The van der Waals surface area contributed by atoms with Crippen molar-refractivity contribution in [3.63, 3.8) is 0 Å². The van der Waals surface area contributed by atoms with Gasteiger partial charge >= 0.3 is 0 Å². The third kappa shape index (κ3) is 3.28. The number of fused-ring (bicyclic) bond motifs is 1. The van der Waals surface area contributed by atoms with Crippen LogP contribution in [0.2, 0.25) is 5.02 Å². The fourth-order valence-electron chi connectivity index (χ4n) is 1.83. The Morgan fingerprint density at radius 3 is 3.05 bits per heavy atom. The van der Waals surface area contributed by atoms with Gasteiger partial charge in [-0.2, -0.15) is 0 Å². The van der Waals surface area contributed by atoms with Crippen molar-refractivity contribution < 1.29 is 14.6 Å². The molecule has 0 unspecified atom stereocenters. The van der Waals surface area contributed by atoms with Gasteiger partial charge in [-0.1, -0.05) is 18.5 Å². The molecule has 0 aliphatic carbocycles. The van der Waals surface area contributed by atoms with Crippen LogP contribution in [-0.2, 0) is 4.79 Å². The number of hydrogen-bond acceptors (Lipinski definition) is 3. The van der Waals surface area contributed by atoms with E-state index in [9.17, 15) is 4.79 Å².